The molecule has 0 atom stereocenters. The molecule has 0 aliphatic rings. The van der Waals surface area contributed by atoms with Crippen LogP contribution < -0.4 is 0 Å². The number of rotatable bonds is 3. The summed E-state index contributed by atoms with van der Waals surface area (Å²) in [6, 6.07) is 3.98. The lowest BCUT2D eigenvalue weighted by Crippen LogP contribution is -2.12. The normalized spacial score (nSPS) is 10.7. The van der Waals surface area contributed by atoms with Gasteiger partial charge in [0, 0.05) is 6.42 Å². The molecule has 0 radical (unpaired) electrons. The van der Waals surface area contributed by atoms with Crippen molar-refractivity contribution < 1.29 is 9.90 Å². The third-order valence-corrected chi connectivity index (χ3v) is 2.93. The van der Waals surface area contributed by atoms with E-state index in [4.69, 9.17) is 0 Å². The van der Waals surface area contributed by atoms with Crippen LogP contribution in [0.25, 0.3) is 0 Å². The molecule has 1 N–H and O–H groups in total. The van der Waals surface area contributed by atoms with E-state index in [2.05, 4.69) is 20.8 Å². The summed E-state index contributed by atoms with van der Waals surface area (Å²) in [5, 5.41) is 10.1. The molecular weight excluding hydrogens is 236 g/mol. The van der Waals surface area contributed by atoms with E-state index >= 15 is 0 Å². The average Bonchev–Trinajstić information content (AvgIpc) is 2.31. The summed E-state index contributed by atoms with van der Waals surface area (Å²) in [6.07, 6.45) is 1.31. The van der Waals surface area contributed by atoms with Gasteiger partial charge in [-0.05, 0) is 42.4 Å². The van der Waals surface area contributed by atoms with Crippen LogP contribution in [0.3, 0.4) is 0 Å². The lowest BCUT2D eigenvalue weighted by atomic mass is 9.83. The van der Waals surface area contributed by atoms with Gasteiger partial charge in [0.25, 0.3) is 0 Å². The molecule has 108 valence electrons. The van der Waals surface area contributed by atoms with Gasteiger partial charge in [0.15, 0.2) is 0 Å². The molecule has 0 saturated carbocycles. The number of ketones is 1. The fraction of sp³-hybridized carbons (Fsp3) is 0.588. The van der Waals surface area contributed by atoms with Crippen molar-refractivity contribution in [3.05, 3.63) is 28.8 Å². The molecule has 0 aromatic heterocycles. The number of hydrogen-bond donors (Lipinski definition) is 1. The first-order valence-corrected chi connectivity index (χ1v) is 7.04. The SMILES string of the molecule is CC.CC(=O)CCc1cc(C)c(O)c(C(C)(C)C)c1. The minimum atomic E-state index is -0.0823. The van der Waals surface area contributed by atoms with Crippen LogP contribution >= 0.6 is 0 Å². The van der Waals surface area contributed by atoms with Gasteiger partial charge in [0.1, 0.15) is 11.5 Å². The molecule has 0 fully saturated rings. The lowest BCUT2D eigenvalue weighted by Gasteiger charge is -2.22. The molecule has 1 aromatic rings. The highest BCUT2D eigenvalue weighted by molar-refractivity contribution is 5.75. The maximum Gasteiger partial charge on any atom is 0.130 e. The van der Waals surface area contributed by atoms with Gasteiger partial charge in [0.05, 0.1) is 0 Å². The Balaban J connectivity index is 0.00000154. The van der Waals surface area contributed by atoms with Crippen molar-refractivity contribution in [3.8, 4) is 5.75 Å². The van der Waals surface area contributed by atoms with E-state index in [0.717, 1.165) is 23.1 Å². The summed E-state index contributed by atoms with van der Waals surface area (Å²) in [7, 11) is 0. The highest BCUT2D eigenvalue weighted by atomic mass is 16.3. The van der Waals surface area contributed by atoms with Gasteiger partial charge in [-0.1, -0.05) is 46.8 Å². The van der Waals surface area contributed by atoms with E-state index in [-0.39, 0.29) is 11.2 Å². The number of carbonyl (C=O) groups excluding carboxylic acids is 1. The van der Waals surface area contributed by atoms with E-state index < -0.39 is 0 Å². The molecule has 0 amide bonds. The van der Waals surface area contributed by atoms with Crippen molar-refractivity contribution in [2.75, 3.05) is 0 Å². The van der Waals surface area contributed by atoms with Crippen LogP contribution in [-0.2, 0) is 16.6 Å². The van der Waals surface area contributed by atoms with Crippen LogP contribution in [0, 0.1) is 6.92 Å². The van der Waals surface area contributed by atoms with Gasteiger partial charge >= 0.3 is 0 Å². The number of phenols is 1. The first-order chi connectivity index (χ1) is 8.71. The topological polar surface area (TPSA) is 37.3 Å². The minimum Gasteiger partial charge on any atom is -0.507 e. The number of hydrogen-bond acceptors (Lipinski definition) is 2. The van der Waals surface area contributed by atoms with Crippen molar-refractivity contribution in [1.29, 1.82) is 0 Å². The van der Waals surface area contributed by atoms with Crippen molar-refractivity contribution >= 4 is 5.78 Å². The Labute approximate surface area is 117 Å². The zero-order chi connectivity index (χ0) is 15.2. The van der Waals surface area contributed by atoms with Crippen LogP contribution in [0.1, 0.15) is 64.7 Å². The summed E-state index contributed by atoms with van der Waals surface area (Å²) in [6.45, 7) is 13.8. The molecule has 2 nitrogen and oxygen atoms in total. The minimum absolute atomic E-state index is 0.0823. The van der Waals surface area contributed by atoms with Crippen LogP contribution in [0.5, 0.6) is 5.75 Å². The number of aryl methyl sites for hydroxylation is 2. The Morgan fingerprint density at radius 1 is 1.21 bits per heavy atom. The van der Waals surface area contributed by atoms with Gasteiger partial charge in [-0.25, -0.2) is 0 Å². The monoisotopic (exact) mass is 264 g/mol. The number of benzene rings is 1. The quantitative estimate of drug-likeness (QED) is 0.869. The maximum absolute atomic E-state index is 11.0. The van der Waals surface area contributed by atoms with Crippen LogP contribution in [0.4, 0.5) is 0 Å². The molecule has 0 bridgehead atoms. The fourth-order valence-corrected chi connectivity index (χ4v) is 1.89. The smallest absolute Gasteiger partial charge is 0.130 e. The molecule has 0 aliphatic heterocycles. The van der Waals surface area contributed by atoms with Gasteiger partial charge in [-0.15, -0.1) is 0 Å². The number of carbonyl (C=O) groups is 1. The predicted octanol–water partition coefficient (Wildman–Crippen LogP) is 4.55. The molecule has 2 heteroatoms. The predicted molar refractivity (Wildman–Crippen MR) is 81.9 cm³/mol. The lowest BCUT2D eigenvalue weighted by molar-refractivity contribution is -0.116. The molecule has 19 heavy (non-hydrogen) atoms. The van der Waals surface area contributed by atoms with Crippen LogP contribution in [0.2, 0.25) is 0 Å². The zero-order valence-electron chi connectivity index (χ0n) is 13.4. The molecule has 1 aromatic carbocycles. The summed E-state index contributed by atoms with van der Waals surface area (Å²) in [5.41, 5.74) is 2.88. The zero-order valence-corrected chi connectivity index (χ0v) is 13.4. The van der Waals surface area contributed by atoms with E-state index in [1.807, 2.05) is 32.9 Å². The maximum atomic E-state index is 11.0. The summed E-state index contributed by atoms with van der Waals surface area (Å²) in [5.74, 6) is 0.581. The second-order valence-corrected chi connectivity index (χ2v) is 5.76. The molecule has 0 heterocycles. The molecule has 0 aliphatic carbocycles. The first kappa shape index (κ1) is 17.7. The molecule has 1 rings (SSSR count). The second kappa shape index (κ2) is 7.32. The Bertz CT molecular complexity index is 426. The third kappa shape index (κ3) is 5.46. The van der Waals surface area contributed by atoms with Gasteiger partial charge in [-0.2, -0.15) is 0 Å². The third-order valence-electron chi connectivity index (χ3n) is 2.93. The van der Waals surface area contributed by atoms with Crippen LogP contribution in [-0.4, -0.2) is 10.9 Å². The summed E-state index contributed by atoms with van der Waals surface area (Å²) < 4.78 is 0. The van der Waals surface area contributed by atoms with E-state index in [0.29, 0.717) is 12.2 Å². The average molecular weight is 264 g/mol. The second-order valence-electron chi connectivity index (χ2n) is 5.76. The number of phenolic OH excluding ortho intramolecular Hbond substituents is 1. The molecule has 0 unspecified atom stereocenters. The van der Waals surface area contributed by atoms with Crippen molar-refractivity contribution in [2.24, 2.45) is 0 Å². The molecule has 0 saturated heterocycles. The van der Waals surface area contributed by atoms with E-state index in [9.17, 15) is 9.90 Å². The van der Waals surface area contributed by atoms with Gasteiger partial charge < -0.3 is 9.90 Å². The van der Waals surface area contributed by atoms with Crippen molar-refractivity contribution in [3.63, 3.8) is 0 Å². The number of aromatic hydroxyl groups is 1. The highest BCUT2D eigenvalue weighted by Crippen LogP contribution is 2.34. The standard InChI is InChI=1S/C15H22O2.C2H6/c1-10-8-12(7-6-11(2)16)9-13(14(10)17)15(3,4)5;1-2/h8-9,17H,6-7H2,1-5H3;1-2H3. The van der Waals surface area contributed by atoms with Crippen molar-refractivity contribution in [1.82, 2.24) is 0 Å². The Kier molecular flexibility index (Phi) is 6.82. The Morgan fingerprint density at radius 2 is 1.74 bits per heavy atom. The Morgan fingerprint density at radius 3 is 2.16 bits per heavy atom. The molecule has 0 spiro atoms. The summed E-state index contributed by atoms with van der Waals surface area (Å²) >= 11 is 0. The number of Topliss-reactive ketones (excluding diaryl/α,β-unsaturated/α-hetero) is 1. The highest BCUT2D eigenvalue weighted by Gasteiger charge is 2.20. The van der Waals surface area contributed by atoms with E-state index in [1.54, 1.807) is 6.92 Å². The largest absolute Gasteiger partial charge is 0.507 e. The van der Waals surface area contributed by atoms with Gasteiger partial charge in [-0.3, -0.25) is 0 Å². The van der Waals surface area contributed by atoms with Crippen molar-refractivity contribution in [2.45, 2.75) is 66.7 Å². The molecular formula is C17H28O2. The summed E-state index contributed by atoms with van der Waals surface area (Å²) in [4.78, 5) is 11.0. The fourth-order valence-electron chi connectivity index (χ4n) is 1.89. The van der Waals surface area contributed by atoms with E-state index in [1.165, 1.54) is 0 Å². The van der Waals surface area contributed by atoms with Gasteiger partial charge in [0.2, 0.25) is 0 Å². The van der Waals surface area contributed by atoms with Crippen LogP contribution in [0.15, 0.2) is 12.1 Å². The first-order valence-electron chi connectivity index (χ1n) is 7.04. The Hall–Kier alpha value is -1.31.